The van der Waals surface area contributed by atoms with Gasteiger partial charge in [-0.2, -0.15) is 0 Å². The number of anilines is 1. The molecule has 1 aromatic rings. The summed E-state index contributed by atoms with van der Waals surface area (Å²) in [5.74, 6) is -0.628. The van der Waals surface area contributed by atoms with Crippen LogP contribution in [0.2, 0.25) is 0 Å². The standard InChI is InChI=1S/C14H19IN2O3/c1-10(14(19)20-3)8-17(2)9-13(18)16-12-6-4-5-11(15)7-12/h4-7,10H,8-9H2,1-3H3,(H,16,18). The van der Waals surface area contributed by atoms with E-state index in [4.69, 9.17) is 0 Å². The van der Waals surface area contributed by atoms with Crippen LogP contribution in [0.15, 0.2) is 24.3 Å². The van der Waals surface area contributed by atoms with Gasteiger partial charge in [-0.1, -0.05) is 13.0 Å². The van der Waals surface area contributed by atoms with Gasteiger partial charge in [0.1, 0.15) is 0 Å². The smallest absolute Gasteiger partial charge is 0.309 e. The summed E-state index contributed by atoms with van der Waals surface area (Å²) in [7, 11) is 3.16. The van der Waals surface area contributed by atoms with Crippen molar-refractivity contribution in [2.75, 3.05) is 32.6 Å². The highest BCUT2D eigenvalue weighted by Gasteiger charge is 2.17. The Bertz CT molecular complexity index is 479. The lowest BCUT2D eigenvalue weighted by Gasteiger charge is -2.19. The minimum atomic E-state index is -0.269. The number of methoxy groups -OCH3 is 1. The van der Waals surface area contributed by atoms with Crippen molar-refractivity contribution in [2.45, 2.75) is 6.92 Å². The number of nitrogens with one attached hydrogen (secondary N) is 1. The first kappa shape index (κ1) is 16.9. The number of carbonyl (C=O) groups is 2. The molecule has 5 nitrogen and oxygen atoms in total. The molecule has 1 rings (SSSR count). The maximum absolute atomic E-state index is 11.9. The van der Waals surface area contributed by atoms with Crippen LogP contribution in [0.25, 0.3) is 0 Å². The number of hydrogen-bond acceptors (Lipinski definition) is 4. The highest BCUT2D eigenvalue weighted by molar-refractivity contribution is 14.1. The maximum atomic E-state index is 11.9. The van der Waals surface area contributed by atoms with E-state index in [0.717, 1.165) is 9.26 Å². The quantitative estimate of drug-likeness (QED) is 0.596. The Morgan fingerprint density at radius 1 is 1.45 bits per heavy atom. The minimum Gasteiger partial charge on any atom is -0.469 e. The second kappa shape index (κ2) is 8.21. The largest absolute Gasteiger partial charge is 0.469 e. The summed E-state index contributed by atoms with van der Waals surface area (Å²) in [6, 6.07) is 7.59. The van der Waals surface area contributed by atoms with Crippen molar-refractivity contribution in [3.63, 3.8) is 0 Å². The molecule has 0 spiro atoms. The van der Waals surface area contributed by atoms with Gasteiger partial charge in [0.05, 0.1) is 19.6 Å². The highest BCUT2D eigenvalue weighted by atomic mass is 127. The number of ether oxygens (including phenoxy) is 1. The van der Waals surface area contributed by atoms with Gasteiger partial charge in [-0.3, -0.25) is 14.5 Å². The van der Waals surface area contributed by atoms with E-state index in [1.807, 2.05) is 24.3 Å². The van der Waals surface area contributed by atoms with Crippen LogP contribution in [-0.4, -0.2) is 44.0 Å². The van der Waals surface area contributed by atoms with Crippen molar-refractivity contribution >= 4 is 40.2 Å². The first-order valence-corrected chi connectivity index (χ1v) is 7.32. The Labute approximate surface area is 132 Å². The Hall–Kier alpha value is -1.15. The van der Waals surface area contributed by atoms with E-state index in [2.05, 4.69) is 32.6 Å². The normalized spacial score (nSPS) is 12.1. The molecular weight excluding hydrogens is 371 g/mol. The van der Waals surface area contributed by atoms with Gasteiger partial charge in [0.25, 0.3) is 0 Å². The van der Waals surface area contributed by atoms with Crippen LogP contribution < -0.4 is 5.32 Å². The van der Waals surface area contributed by atoms with Crippen molar-refractivity contribution in [2.24, 2.45) is 5.92 Å². The second-order valence-corrected chi connectivity index (χ2v) is 5.93. The summed E-state index contributed by atoms with van der Waals surface area (Å²) in [4.78, 5) is 25.0. The first-order valence-electron chi connectivity index (χ1n) is 6.24. The number of halogens is 1. The average Bonchev–Trinajstić information content (AvgIpc) is 2.37. The zero-order valence-corrected chi connectivity index (χ0v) is 14.0. The van der Waals surface area contributed by atoms with Crippen molar-refractivity contribution in [3.05, 3.63) is 27.8 Å². The lowest BCUT2D eigenvalue weighted by molar-refractivity contribution is -0.145. The van der Waals surface area contributed by atoms with Gasteiger partial charge in [0.2, 0.25) is 5.91 Å². The highest BCUT2D eigenvalue weighted by Crippen LogP contribution is 2.12. The third-order valence-corrected chi connectivity index (χ3v) is 3.38. The molecule has 0 heterocycles. The Kier molecular flexibility index (Phi) is 6.94. The third-order valence-electron chi connectivity index (χ3n) is 2.71. The first-order chi connectivity index (χ1) is 9.42. The number of nitrogens with zero attached hydrogens (tertiary/aromatic N) is 1. The van der Waals surface area contributed by atoms with Gasteiger partial charge in [0.15, 0.2) is 0 Å². The summed E-state index contributed by atoms with van der Waals surface area (Å²) in [5.41, 5.74) is 0.774. The molecule has 0 aromatic heterocycles. The zero-order chi connectivity index (χ0) is 15.1. The van der Waals surface area contributed by atoms with E-state index < -0.39 is 0 Å². The molecule has 1 aromatic carbocycles. The monoisotopic (exact) mass is 390 g/mol. The molecule has 20 heavy (non-hydrogen) atoms. The van der Waals surface area contributed by atoms with E-state index in [-0.39, 0.29) is 24.3 Å². The lowest BCUT2D eigenvalue weighted by atomic mass is 10.2. The molecule has 1 atom stereocenters. The van der Waals surface area contributed by atoms with Crippen LogP contribution >= 0.6 is 22.6 Å². The fraction of sp³-hybridized carbons (Fsp3) is 0.429. The molecule has 0 radical (unpaired) electrons. The number of amides is 1. The molecule has 6 heteroatoms. The molecule has 1 N–H and O–H groups in total. The van der Waals surface area contributed by atoms with Crippen molar-refractivity contribution < 1.29 is 14.3 Å². The number of carbonyl (C=O) groups excluding carboxylic acids is 2. The van der Waals surface area contributed by atoms with Gasteiger partial charge in [0, 0.05) is 15.8 Å². The van der Waals surface area contributed by atoms with Gasteiger partial charge < -0.3 is 10.1 Å². The fourth-order valence-electron chi connectivity index (χ4n) is 1.82. The van der Waals surface area contributed by atoms with Crippen molar-refractivity contribution in [1.82, 2.24) is 4.90 Å². The van der Waals surface area contributed by atoms with Gasteiger partial charge in [-0.05, 0) is 47.8 Å². The summed E-state index contributed by atoms with van der Waals surface area (Å²) < 4.78 is 5.72. The predicted molar refractivity (Wildman–Crippen MR) is 86.5 cm³/mol. The minimum absolute atomic E-state index is 0.105. The summed E-state index contributed by atoms with van der Waals surface area (Å²) in [6.07, 6.45) is 0. The topological polar surface area (TPSA) is 58.6 Å². The maximum Gasteiger partial charge on any atom is 0.309 e. The number of esters is 1. The fourth-order valence-corrected chi connectivity index (χ4v) is 2.36. The summed E-state index contributed by atoms with van der Waals surface area (Å²) in [5, 5.41) is 2.83. The van der Waals surface area contributed by atoms with Gasteiger partial charge in [-0.25, -0.2) is 0 Å². The number of likely N-dealkylation sites (N-methyl/N-ethyl adjacent to an activating group) is 1. The summed E-state index contributed by atoms with van der Waals surface area (Å²) >= 11 is 2.19. The number of rotatable bonds is 6. The molecule has 1 unspecified atom stereocenters. The van der Waals surface area contributed by atoms with Crippen LogP contribution in [0.1, 0.15) is 6.92 Å². The molecule has 0 aliphatic rings. The molecule has 0 saturated carbocycles. The third kappa shape index (κ3) is 5.87. The second-order valence-electron chi connectivity index (χ2n) is 4.68. The SMILES string of the molecule is COC(=O)C(C)CN(C)CC(=O)Nc1cccc(I)c1. The Morgan fingerprint density at radius 3 is 2.75 bits per heavy atom. The van der Waals surface area contributed by atoms with Crippen molar-refractivity contribution in [1.29, 1.82) is 0 Å². The van der Waals surface area contributed by atoms with Crippen LogP contribution in [0.5, 0.6) is 0 Å². The number of benzene rings is 1. The van der Waals surface area contributed by atoms with E-state index in [1.54, 1.807) is 18.9 Å². The molecule has 110 valence electrons. The lowest BCUT2D eigenvalue weighted by Crippen LogP contribution is -2.35. The van der Waals surface area contributed by atoms with Gasteiger partial charge >= 0.3 is 5.97 Å². The zero-order valence-electron chi connectivity index (χ0n) is 11.9. The van der Waals surface area contributed by atoms with E-state index >= 15 is 0 Å². The van der Waals surface area contributed by atoms with Crippen molar-refractivity contribution in [3.8, 4) is 0 Å². The Balaban J connectivity index is 2.44. The molecule has 0 saturated heterocycles. The van der Waals surface area contributed by atoms with Crippen LogP contribution in [0.3, 0.4) is 0 Å². The van der Waals surface area contributed by atoms with Gasteiger partial charge in [-0.15, -0.1) is 0 Å². The van der Waals surface area contributed by atoms with Crippen LogP contribution in [0, 0.1) is 9.49 Å². The Morgan fingerprint density at radius 2 is 2.15 bits per heavy atom. The summed E-state index contributed by atoms with van der Waals surface area (Å²) in [6.45, 7) is 2.49. The van der Waals surface area contributed by atoms with E-state index in [1.165, 1.54) is 7.11 Å². The van der Waals surface area contributed by atoms with E-state index in [0.29, 0.717) is 6.54 Å². The van der Waals surface area contributed by atoms with Crippen LogP contribution in [0.4, 0.5) is 5.69 Å². The predicted octanol–water partition coefficient (Wildman–Crippen LogP) is 1.97. The van der Waals surface area contributed by atoms with E-state index in [9.17, 15) is 9.59 Å². The molecule has 0 aliphatic carbocycles. The number of hydrogen-bond donors (Lipinski definition) is 1. The molecule has 1 amide bonds. The molecular formula is C14H19IN2O3. The molecule has 0 fully saturated rings. The molecule has 0 aliphatic heterocycles. The van der Waals surface area contributed by atoms with Crippen LogP contribution in [-0.2, 0) is 14.3 Å². The molecule has 0 bridgehead atoms. The average molecular weight is 390 g/mol.